The third kappa shape index (κ3) is 3.03. The monoisotopic (exact) mass is 249 g/mol. The molecule has 0 saturated carbocycles. The van der Waals surface area contributed by atoms with Gasteiger partial charge in [0.15, 0.2) is 0 Å². The molecule has 1 N–H and O–H groups in total. The number of phenolic OH excluding ortho intramolecular Hbond substituents is 1. The Morgan fingerprint density at radius 3 is 2.94 bits per heavy atom. The van der Waals surface area contributed by atoms with Gasteiger partial charge in [-0.1, -0.05) is 24.6 Å². The van der Waals surface area contributed by atoms with Crippen molar-refractivity contribution in [1.82, 2.24) is 4.90 Å². The summed E-state index contributed by atoms with van der Waals surface area (Å²) < 4.78 is 5.52. The predicted octanol–water partition coefficient (Wildman–Crippen LogP) is 2.56. The highest BCUT2D eigenvalue weighted by molar-refractivity contribution is 5.35. The minimum Gasteiger partial charge on any atom is -0.508 e. The fraction of sp³-hybridized carbons (Fsp3) is 0.600. The van der Waals surface area contributed by atoms with Crippen LogP contribution in [0.25, 0.3) is 0 Å². The Morgan fingerprint density at radius 2 is 2.22 bits per heavy atom. The first kappa shape index (κ1) is 13.4. The Kier molecular flexibility index (Phi) is 4.25. The molecule has 0 aliphatic carbocycles. The molecule has 1 aliphatic heterocycles. The maximum absolute atomic E-state index is 9.88. The van der Waals surface area contributed by atoms with Crippen molar-refractivity contribution in [3.8, 4) is 5.75 Å². The van der Waals surface area contributed by atoms with Crippen molar-refractivity contribution in [1.29, 1.82) is 0 Å². The largest absolute Gasteiger partial charge is 0.508 e. The predicted molar refractivity (Wildman–Crippen MR) is 72.7 cm³/mol. The zero-order chi connectivity index (χ0) is 13.1. The van der Waals surface area contributed by atoms with E-state index < -0.39 is 0 Å². The van der Waals surface area contributed by atoms with Gasteiger partial charge in [-0.25, -0.2) is 0 Å². The molecule has 0 spiro atoms. The molecule has 0 bridgehead atoms. The van der Waals surface area contributed by atoms with E-state index >= 15 is 0 Å². The maximum Gasteiger partial charge on any atom is 0.120 e. The second-order valence-corrected chi connectivity index (χ2v) is 5.41. The van der Waals surface area contributed by atoms with Crippen molar-refractivity contribution in [3.63, 3.8) is 0 Å². The Labute approximate surface area is 109 Å². The van der Waals surface area contributed by atoms with Gasteiger partial charge in [0.05, 0.1) is 6.10 Å². The average Bonchev–Trinajstić information content (AvgIpc) is 2.36. The van der Waals surface area contributed by atoms with Gasteiger partial charge < -0.3 is 9.84 Å². The Hall–Kier alpha value is -1.06. The third-order valence-corrected chi connectivity index (χ3v) is 3.91. The van der Waals surface area contributed by atoms with Crippen LogP contribution < -0.4 is 0 Å². The minimum atomic E-state index is 0.311. The molecule has 1 fully saturated rings. The van der Waals surface area contributed by atoms with Crippen LogP contribution in [-0.4, -0.2) is 36.3 Å². The highest BCUT2D eigenvalue weighted by Gasteiger charge is 2.26. The number of aromatic hydroxyl groups is 1. The van der Waals surface area contributed by atoms with E-state index in [-0.39, 0.29) is 0 Å². The first-order valence-corrected chi connectivity index (χ1v) is 6.64. The second kappa shape index (κ2) is 5.72. The molecule has 3 nitrogen and oxygen atoms in total. The molecule has 1 aliphatic rings. The van der Waals surface area contributed by atoms with E-state index in [9.17, 15) is 5.11 Å². The number of methoxy groups -OCH3 is 1. The van der Waals surface area contributed by atoms with Gasteiger partial charge in [-0.15, -0.1) is 0 Å². The summed E-state index contributed by atoms with van der Waals surface area (Å²) in [4.78, 5) is 2.36. The number of rotatable bonds is 3. The van der Waals surface area contributed by atoms with E-state index in [0.29, 0.717) is 17.8 Å². The first-order chi connectivity index (χ1) is 8.60. The van der Waals surface area contributed by atoms with E-state index in [1.807, 2.05) is 6.07 Å². The van der Waals surface area contributed by atoms with Crippen LogP contribution in [0.4, 0.5) is 0 Å². The normalized spacial score (nSPS) is 25.3. The van der Waals surface area contributed by atoms with Crippen LogP contribution in [0.1, 0.15) is 24.5 Å². The van der Waals surface area contributed by atoms with Gasteiger partial charge in [0, 0.05) is 25.8 Å². The Balaban J connectivity index is 2.03. The minimum absolute atomic E-state index is 0.311. The van der Waals surface area contributed by atoms with E-state index in [2.05, 4.69) is 24.8 Å². The summed E-state index contributed by atoms with van der Waals surface area (Å²) in [7, 11) is 1.79. The first-order valence-electron chi connectivity index (χ1n) is 6.64. The maximum atomic E-state index is 9.88. The SMILES string of the molecule is COC1CN(Cc2cc(C)ccc2O)CCC1C. The fourth-order valence-corrected chi connectivity index (χ4v) is 2.63. The van der Waals surface area contributed by atoms with Crippen LogP contribution in [0.15, 0.2) is 18.2 Å². The number of hydrogen-bond acceptors (Lipinski definition) is 3. The summed E-state index contributed by atoms with van der Waals surface area (Å²) in [6.45, 7) is 7.13. The molecular formula is C15H23NO2. The van der Waals surface area contributed by atoms with Gasteiger partial charge >= 0.3 is 0 Å². The molecular weight excluding hydrogens is 226 g/mol. The van der Waals surface area contributed by atoms with E-state index in [4.69, 9.17) is 4.74 Å². The quantitative estimate of drug-likeness (QED) is 0.893. The van der Waals surface area contributed by atoms with Crippen LogP contribution in [0.5, 0.6) is 5.75 Å². The van der Waals surface area contributed by atoms with E-state index in [0.717, 1.165) is 31.6 Å². The molecule has 0 radical (unpaired) electrons. The lowest BCUT2D eigenvalue weighted by molar-refractivity contribution is -0.00762. The van der Waals surface area contributed by atoms with Crippen molar-refractivity contribution in [3.05, 3.63) is 29.3 Å². The second-order valence-electron chi connectivity index (χ2n) is 5.41. The summed E-state index contributed by atoms with van der Waals surface area (Å²) in [5, 5.41) is 9.88. The third-order valence-electron chi connectivity index (χ3n) is 3.91. The Bertz CT molecular complexity index is 405. The van der Waals surface area contributed by atoms with Crippen molar-refractivity contribution >= 4 is 0 Å². The smallest absolute Gasteiger partial charge is 0.120 e. The molecule has 1 heterocycles. The number of hydrogen-bond donors (Lipinski definition) is 1. The molecule has 2 unspecified atom stereocenters. The zero-order valence-corrected chi connectivity index (χ0v) is 11.5. The van der Waals surface area contributed by atoms with Gasteiger partial charge in [-0.05, 0) is 31.9 Å². The molecule has 0 amide bonds. The van der Waals surface area contributed by atoms with Gasteiger partial charge in [0.25, 0.3) is 0 Å². The molecule has 1 aromatic rings. The highest BCUT2D eigenvalue weighted by Crippen LogP contribution is 2.24. The van der Waals surface area contributed by atoms with Crippen LogP contribution in [0.2, 0.25) is 0 Å². The van der Waals surface area contributed by atoms with Crippen LogP contribution in [0, 0.1) is 12.8 Å². The highest BCUT2D eigenvalue weighted by atomic mass is 16.5. The number of ether oxygens (including phenoxy) is 1. The summed E-state index contributed by atoms with van der Waals surface area (Å²) >= 11 is 0. The van der Waals surface area contributed by atoms with Gasteiger partial charge in [-0.2, -0.15) is 0 Å². The van der Waals surface area contributed by atoms with Crippen LogP contribution in [0.3, 0.4) is 0 Å². The standard InChI is InChI=1S/C15H23NO2/c1-11-4-5-14(17)13(8-11)9-16-7-6-12(2)15(10-16)18-3/h4-5,8,12,15,17H,6-7,9-10H2,1-3H3. The fourth-order valence-electron chi connectivity index (χ4n) is 2.63. The Morgan fingerprint density at radius 1 is 1.44 bits per heavy atom. The molecule has 3 heteroatoms. The van der Waals surface area contributed by atoms with Crippen LogP contribution in [-0.2, 0) is 11.3 Å². The molecule has 0 aromatic heterocycles. The molecule has 18 heavy (non-hydrogen) atoms. The molecule has 2 rings (SSSR count). The van der Waals surface area contributed by atoms with Crippen LogP contribution >= 0.6 is 0 Å². The van der Waals surface area contributed by atoms with Crippen molar-refractivity contribution < 1.29 is 9.84 Å². The lowest BCUT2D eigenvalue weighted by atomic mass is 9.95. The summed E-state index contributed by atoms with van der Waals surface area (Å²) in [6.07, 6.45) is 1.47. The number of piperidine rings is 1. The van der Waals surface area contributed by atoms with Gasteiger partial charge in [0.2, 0.25) is 0 Å². The molecule has 1 saturated heterocycles. The molecule has 2 atom stereocenters. The lowest BCUT2D eigenvalue weighted by Crippen LogP contribution is -2.43. The van der Waals surface area contributed by atoms with E-state index in [1.165, 1.54) is 5.56 Å². The summed E-state index contributed by atoms with van der Waals surface area (Å²) in [5.41, 5.74) is 2.20. The van der Waals surface area contributed by atoms with E-state index in [1.54, 1.807) is 13.2 Å². The van der Waals surface area contributed by atoms with Gasteiger partial charge in [0.1, 0.15) is 5.75 Å². The average molecular weight is 249 g/mol. The summed E-state index contributed by atoms with van der Waals surface area (Å²) in [5.74, 6) is 1.02. The number of benzene rings is 1. The number of nitrogens with zero attached hydrogens (tertiary/aromatic N) is 1. The molecule has 100 valence electrons. The molecule has 1 aromatic carbocycles. The van der Waals surface area contributed by atoms with Crippen molar-refractivity contribution in [2.75, 3.05) is 20.2 Å². The van der Waals surface area contributed by atoms with Crippen molar-refractivity contribution in [2.24, 2.45) is 5.92 Å². The lowest BCUT2D eigenvalue weighted by Gasteiger charge is -2.36. The zero-order valence-electron chi connectivity index (χ0n) is 11.5. The number of phenols is 1. The van der Waals surface area contributed by atoms with Gasteiger partial charge in [-0.3, -0.25) is 4.90 Å². The summed E-state index contributed by atoms with van der Waals surface area (Å²) in [6, 6.07) is 5.79. The number of likely N-dealkylation sites (tertiary alicyclic amines) is 1. The van der Waals surface area contributed by atoms with Crippen molar-refractivity contribution in [2.45, 2.75) is 32.9 Å². The number of aryl methyl sites for hydroxylation is 1. The topological polar surface area (TPSA) is 32.7 Å².